The average molecular weight is 519 g/mol. The Bertz CT molecular complexity index is 1620. The Kier molecular flexibility index (Phi) is 6.55. The zero-order valence-electron chi connectivity index (χ0n) is 19.3. The Balaban J connectivity index is 1.40. The normalized spacial score (nSPS) is 10.9. The van der Waals surface area contributed by atoms with E-state index < -0.39 is 0 Å². The topological polar surface area (TPSA) is 69.7 Å². The Morgan fingerprint density at radius 1 is 0.806 bits per heavy atom. The van der Waals surface area contributed by atoms with Crippen LogP contribution in [0.1, 0.15) is 10.4 Å². The first-order valence-corrected chi connectivity index (χ1v) is 11.7. The maximum Gasteiger partial charge on any atom is 0.257 e. The number of halogens is 2. The van der Waals surface area contributed by atoms with Crippen molar-refractivity contribution in [3.63, 3.8) is 0 Å². The van der Waals surface area contributed by atoms with E-state index in [0.29, 0.717) is 44.3 Å². The number of carbonyl (C=O) groups is 1. The van der Waals surface area contributed by atoms with Gasteiger partial charge in [0.1, 0.15) is 11.5 Å². The van der Waals surface area contributed by atoms with Gasteiger partial charge in [-0.2, -0.15) is 0 Å². The van der Waals surface area contributed by atoms with Gasteiger partial charge in [0.25, 0.3) is 5.91 Å². The van der Waals surface area contributed by atoms with Gasteiger partial charge in [-0.05, 0) is 65.4 Å². The second-order valence-electron chi connectivity index (χ2n) is 7.94. The lowest BCUT2D eigenvalue weighted by Crippen LogP contribution is -2.12. The van der Waals surface area contributed by atoms with Gasteiger partial charge in [-0.3, -0.25) is 9.78 Å². The highest BCUT2D eigenvalue weighted by Crippen LogP contribution is 2.37. The molecule has 0 bridgehead atoms. The van der Waals surface area contributed by atoms with Crippen molar-refractivity contribution in [2.75, 3.05) is 19.5 Å². The number of hydrogen-bond donors (Lipinski definition) is 1. The fraction of sp³-hybridized carbons (Fsp3) is 0.0714. The molecule has 6 nitrogen and oxygen atoms in total. The molecule has 5 aromatic rings. The van der Waals surface area contributed by atoms with Gasteiger partial charge >= 0.3 is 0 Å². The van der Waals surface area contributed by atoms with E-state index in [0.717, 1.165) is 21.7 Å². The molecule has 36 heavy (non-hydrogen) atoms. The van der Waals surface area contributed by atoms with Gasteiger partial charge < -0.3 is 19.5 Å². The lowest BCUT2D eigenvalue weighted by Gasteiger charge is -2.13. The van der Waals surface area contributed by atoms with E-state index in [1.54, 1.807) is 44.7 Å². The maximum absolute atomic E-state index is 12.7. The first-order valence-electron chi connectivity index (χ1n) is 10.9. The molecule has 0 aliphatic carbocycles. The van der Waals surface area contributed by atoms with Crippen LogP contribution in [0.25, 0.3) is 21.7 Å². The summed E-state index contributed by atoms with van der Waals surface area (Å²) in [5.41, 5.74) is 1.73. The molecule has 0 saturated carbocycles. The molecule has 8 heteroatoms. The van der Waals surface area contributed by atoms with Gasteiger partial charge in [-0.15, -0.1) is 0 Å². The Morgan fingerprint density at radius 2 is 1.56 bits per heavy atom. The molecule has 1 N–H and O–H groups in total. The molecule has 1 amide bonds. The van der Waals surface area contributed by atoms with Crippen LogP contribution in [0.3, 0.4) is 0 Å². The lowest BCUT2D eigenvalue weighted by atomic mass is 10.1. The minimum atomic E-state index is -0.312. The van der Waals surface area contributed by atoms with E-state index in [1.165, 1.54) is 0 Å². The third-order valence-electron chi connectivity index (χ3n) is 5.68. The Morgan fingerprint density at radius 3 is 2.33 bits per heavy atom. The van der Waals surface area contributed by atoms with Crippen molar-refractivity contribution >= 4 is 56.5 Å². The predicted molar refractivity (Wildman–Crippen MR) is 143 cm³/mol. The molecule has 0 atom stereocenters. The van der Waals surface area contributed by atoms with Gasteiger partial charge in [-0.1, -0.05) is 35.3 Å². The fourth-order valence-electron chi connectivity index (χ4n) is 3.90. The minimum absolute atomic E-state index is 0.294. The van der Waals surface area contributed by atoms with Gasteiger partial charge in [0.15, 0.2) is 11.5 Å². The number of nitrogens with zero attached hydrogens (tertiary/aromatic N) is 1. The highest BCUT2D eigenvalue weighted by molar-refractivity contribution is 6.37. The summed E-state index contributed by atoms with van der Waals surface area (Å²) in [4.78, 5) is 17.1. The summed E-state index contributed by atoms with van der Waals surface area (Å²) in [6.45, 7) is 0. The van der Waals surface area contributed by atoms with Crippen LogP contribution < -0.4 is 19.5 Å². The summed E-state index contributed by atoms with van der Waals surface area (Å²) < 4.78 is 17.0. The van der Waals surface area contributed by atoms with Gasteiger partial charge in [0.2, 0.25) is 0 Å². The number of nitrogens with one attached hydrogen (secondary N) is 1. The number of rotatable bonds is 6. The van der Waals surface area contributed by atoms with Crippen LogP contribution in [0.2, 0.25) is 10.0 Å². The molecular formula is C28H20Cl2N2O4. The lowest BCUT2D eigenvalue weighted by molar-refractivity contribution is 0.102. The molecule has 5 rings (SSSR count). The molecule has 0 fully saturated rings. The van der Waals surface area contributed by atoms with Crippen LogP contribution in [0.4, 0.5) is 5.69 Å². The maximum atomic E-state index is 12.7. The number of benzene rings is 4. The molecule has 1 heterocycles. The second-order valence-corrected chi connectivity index (χ2v) is 8.78. The van der Waals surface area contributed by atoms with E-state index in [4.69, 9.17) is 37.4 Å². The SMILES string of the molecule is COc1cc2nccc(Oc3ccc4cc(NC(=O)c5ccc(Cl)cc5Cl)ccc4c3)c2cc1OC. The first kappa shape index (κ1) is 23.7. The van der Waals surface area contributed by atoms with Crippen molar-refractivity contribution < 1.29 is 19.0 Å². The predicted octanol–water partition coefficient (Wildman–Crippen LogP) is 7.76. The molecule has 1 aromatic heterocycles. The molecule has 180 valence electrons. The summed E-state index contributed by atoms with van der Waals surface area (Å²) >= 11 is 12.1. The quantitative estimate of drug-likeness (QED) is 0.248. The number of methoxy groups -OCH3 is 2. The zero-order chi connectivity index (χ0) is 25.2. The van der Waals surface area contributed by atoms with Crippen molar-refractivity contribution in [3.05, 3.63) is 94.6 Å². The summed E-state index contributed by atoms with van der Waals surface area (Å²) in [6, 6.07) is 21.6. The number of carbonyl (C=O) groups excluding carboxylic acids is 1. The molecule has 0 radical (unpaired) electrons. The Hall–Kier alpha value is -4.00. The summed E-state index contributed by atoms with van der Waals surface area (Å²) in [6.07, 6.45) is 1.69. The standard InChI is InChI=1S/C28H20Cl2N2O4/c1-34-26-14-22-24(15-27(26)35-2)31-10-9-25(22)36-20-7-4-16-11-19(6-3-17(16)12-20)32-28(33)21-8-5-18(29)13-23(21)30/h3-15H,1-2H3,(H,32,33). The minimum Gasteiger partial charge on any atom is -0.493 e. The molecule has 0 spiro atoms. The third-order valence-corrected chi connectivity index (χ3v) is 6.23. The molecule has 0 saturated heterocycles. The van der Waals surface area contributed by atoms with E-state index in [9.17, 15) is 4.79 Å². The van der Waals surface area contributed by atoms with Crippen LogP contribution >= 0.6 is 23.2 Å². The smallest absolute Gasteiger partial charge is 0.257 e. The second kappa shape index (κ2) is 9.93. The highest BCUT2D eigenvalue weighted by Gasteiger charge is 2.13. The van der Waals surface area contributed by atoms with Crippen LogP contribution in [0.5, 0.6) is 23.0 Å². The number of fused-ring (bicyclic) bond motifs is 2. The van der Waals surface area contributed by atoms with E-state index >= 15 is 0 Å². The highest BCUT2D eigenvalue weighted by atomic mass is 35.5. The number of pyridine rings is 1. The van der Waals surface area contributed by atoms with Crippen LogP contribution in [0.15, 0.2) is 79.0 Å². The van der Waals surface area contributed by atoms with Crippen molar-refractivity contribution in [1.82, 2.24) is 4.98 Å². The molecule has 4 aromatic carbocycles. The Labute approximate surface area is 217 Å². The zero-order valence-corrected chi connectivity index (χ0v) is 20.9. The van der Waals surface area contributed by atoms with E-state index in [-0.39, 0.29) is 5.91 Å². The van der Waals surface area contributed by atoms with E-state index in [1.807, 2.05) is 48.5 Å². The summed E-state index contributed by atoms with van der Waals surface area (Å²) in [5, 5.41) is 6.33. The van der Waals surface area contributed by atoms with E-state index in [2.05, 4.69) is 10.3 Å². The van der Waals surface area contributed by atoms with Crippen LogP contribution in [-0.4, -0.2) is 25.1 Å². The van der Waals surface area contributed by atoms with Crippen LogP contribution in [0, 0.1) is 0 Å². The largest absolute Gasteiger partial charge is 0.493 e. The van der Waals surface area contributed by atoms with Crippen molar-refractivity contribution in [3.8, 4) is 23.0 Å². The number of ether oxygens (including phenoxy) is 3. The average Bonchev–Trinajstić information content (AvgIpc) is 2.88. The number of hydrogen-bond acceptors (Lipinski definition) is 5. The third kappa shape index (κ3) is 4.73. The van der Waals surface area contributed by atoms with Gasteiger partial charge in [-0.25, -0.2) is 0 Å². The molecule has 0 unspecified atom stereocenters. The van der Waals surface area contributed by atoms with Crippen molar-refractivity contribution in [2.24, 2.45) is 0 Å². The monoisotopic (exact) mass is 518 g/mol. The number of aromatic nitrogens is 1. The van der Waals surface area contributed by atoms with Crippen molar-refractivity contribution in [1.29, 1.82) is 0 Å². The number of anilines is 1. The van der Waals surface area contributed by atoms with Crippen LogP contribution in [-0.2, 0) is 0 Å². The molecule has 0 aliphatic rings. The molecule has 0 aliphatic heterocycles. The van der Waals surface area contributed by atoms with Crippen molar-refractivity contribution in [2.45, 2.75) is 0 Å². The fourth-order valence-corrected chi connectivity index (χ4v) is 4.39. The summed E-state index contributed by atoms with van der Waals surface area (Å²) in [7, 11) is 3.17. The van der Waals surface area contributed by atoms with Gasteiger partial charge in [0.05, 0.1) is 30.3 Å². The van der Waals surface area contributed by atoms with Gasteiger partial charge in [0, 0.05) is 28.4 Å². The first-order chi connectivity index (χ1) is 17.4. The number of amides is 1. The molecular weight excluding hydrogens is 499 g/mol. The summed E-state index contributed by atoms with van der Waals surface area (Å²) in [5.74, 6) is 2.18.